The lowest BCUT2D eigenvalue weighted by atomic mass is 9.92. The Kier molecular flexibility index (Phi) is 13.1. The maximum atomic E-state index is 15.7. The molecule has 1 saturated heterocycles. The summed E-state index contributed by atoms with van der Waals surface area (Å²) in [5, 5.41) is 23.7. The van der Waals surface area contributed by atoms with Crippen molar-refractivity contribution in [2.75, 3.05) is 29.5 Å². The van der Waals surface area contributed by atoms with E-state index in [1.165, 1.54) is 68.3 Å². The monoisotopic (exact) mass is 805 g/mol. The lowest BCUT2D eigenvalue weighted by Crippen LogP contribution is -2.40. The zero-order valence-electron chi connectivity index (χ0n) is 30.4. The molecule has 6 N–H and O–H groups in total. The third kappa shape index (κ3) is 9.63. The van der Waals surface area contributed by atoms with Gasteiger partial charge in [0.05, 0.1) is 28.7 Å². The van der Waals surface area contributed by atoms with Crippen LogP contribution in [0.1, 0.15) is 57.3 Å². The van der Waals surface area contributed by atoms with Crippen LogP contribution in [-0.4, -0.2) is 76.8 Å². The summed E-state index contributed by atoms with van der Waals surface area (Å²) < 4.78 is 80.4. The number of pyridine rings is 1. The van der Waals surface area contributed by atoms with Gasteiger partial charge >= 0.3 is 18.1 Å². The highest BCUT2D eigenvalue weighted by Gasteiger charge is 2.46. The number of fused-ring (bicyclic) bond motifs is 1. The summed E-state index contributed by atoms with van der Waals surface area (Å²) in [5.41, 5.74) is 6.66. The Labute approximate surface area is 318 Å². The van der Waals surface area contributed by atoms with Crippen molar-refractivity contribution in [2.45, 2.75) is 62.5 Å². The smallest absolute Gasteiger partial charge is 0.490 e. The van der Waals surface area contributed by atoms with E-state index in [0.717, 1.165) is 0 Å². The molecule has 300 valence electrons. The minimum Gasteiger partial charge on any atom is -0.494 e. The van der Waals surface area contributed by atoms with E-state index in [1.807, 2.05) is 0 Å². The van der Waals surface area contributed by atoms with Crippen LogP contribution in [0.25, 0.3) is 10.8 Å². The van der Waals surface area contributed by atoms with E-state index in [0.29, 0.717) is 28.0 Å². The fraction of sp³-hybridized carbons (Fsp3) is 0.324. The van der Waals surface area contributed by atoms with Gasteiger partial charge in [0.25, 0.3) is 0 Å². The van der Waals surface area contributed by atoms with Gasteiger partial charge in [-0.2, -0.15) is 13.2 Å². The largest absolute Gasteiger partial charge is 0.494 e. The molecule has 3 atom stereocenters. The molecule has 19 heteroatoms. The van der Waals surface area contributed by atoms with E-state index in [-0.39, 0.29) is 41.3 Å². The minimum atomic E-state index is -5.08. The van der Waals surface area contributed by atoms with Crippen LogP contribution in [0.2, 0.25) is 0 Å². The number of nitrogen functional groups attached to an aromatic ring is 1. The van der Waals surface area contributed by atoms with Crippen LogP contribution in [0.15, 0.2) is 71.8 Å². The maximum absolute atomic E-state index is 15.7. The van der Waals surface area contributed by atoms with Gasteiger partial charge < -0.3 is 36.2 Å². The molecular weight excluding hydrogens is 766 g/mol. The first kappa shape index (κ1) is 42.8. The standard InChI is InChI=1S/C35H38FN5O7S.C2HF3O2/c1-5-48-24-8-10-29(36)27(18-24)31(40-22-6-9-25-21(16-22)12-14-38-33(25)37)34(43)41-15-13-26(35(44)45)32(41)28-17-23(39-20(4)42)7-11-30(28)49(46,47)19(2)3;3-2(4,5)1(6)7/h6-12,14,16-19,26,31-32,40H,5,13,15H2,1-4H3,(H2,37,38)(H,39,42)(H,44,45);(H,6,7)/t26?,31-,32?;/m1./s1. The highest BCUT2D eigenvalue weighted by atomic mass is 32.2. The molecule has 2 unspecified atom stereocenters. The lowest BCUT2D eigenvalue weighted by molar-refractivity contribution is -0.192. The predicted octanol–water partition coefficient (Wildman–Crippen LogP) is 5.96. The average Bonchev–Trinajstić information content (AvgIpc) is 3.57. The normalized spacial score (nSPS) is 16.1. The van der Waals surface area contributed by atoms with Gasteiger partial charge in [0.15, 0.2) is 9.84 Å². The summed E-state index contributed by atoms with van der Waals surface area (Å²) in [5.74, 6) is -6.44. The van der Waals surface area contributed by atoms with E-state index in [2.05, 4.69) is 15.6 Å². The highest BCUT2D eigenvalue weighted by Crippen LogP contribution is 2.44. The minimum absolute atomic E-state index is 0.00624. The first-order valence-electron chi connectivity index (χ1n) is 17.0. The molecule has 14 nitrogen and oxygen atoms in total. The van der Waals surface area contributed by atoms with Gasteiger partial charge in [-0.05, 0) is 98.8 Å². The molecule has 4 aromatic rings. The number of ether oxygens (including phenoxy) is 1. The van der Waals surface area contributed by atoms with Crippen molar-refractivity contribution in [3.05, 3.63) is 83.8 Å². The SMILES string of the molecule is CCOc1ccc(F)c([C@@H](Nc2ccc3c(N)nccc3c2)C(=O)N2CCC(C(=O)O)C2c2cc(NC(C)=O)ccc2S(=O)(=O)C(C)C)c1.O=C(O)C(F)(F)F. The van der Waals surface area contributed by atoms with Crippen molar-refractivity contribution in [3.63, 3.8) is 0 Å². The summed E-state index contributed by atoms with van der Waals surface area (Å²) in [6, 6.07) is 12.3. The van der Waals surface area contributed by atoms with E-state index in [9.17, 15) is 41.1 Å². The number of rotatable bonds is 11. The lowest BCUT2D eigenvalue weighted by Gasteiger charge is -2.33. The second kappa shape index (κ2) is 17.2. The fourth-order valence-electron chi connectivity index (χ4n) is 6.15. The van der Waals surface area contributed by atoms with Crippen molar-refractivity contribution in [1.82, 2.24) is 9.88 Å². The number of aliphatic carboxylic acids is 2. The third-order valence-corrected chi connectivity index (χ3v) is 11.0. The number of likely N-dealkylation sites (tertiary alicyclic amines) is 1. The zero-order chi connectivity index (χ0) is 41.7. The van der Waals surface area contributed by atoms with Gasteiger partial charge in [-0.3, -0.25) is 14.4 Å². The third-order valence-electron chi connectivity index (χ3n) is 8.76. The summed E-state index contributed by atoms with van der Waals surface area (Å²) in [6.45, 7) is 6.24. The molecule has 2 heterocycles. The molecule has 0 saturated carbocycles. The number of nitrogens with two attached hydrogens (primary N) is 1. The number of sulfone groups is 1. The highest BCUT2D eigenvalue weighted by molar-refractivity contribution is 7.92. The number of aromatic nitrogens is 1. The molecule has 56 heavy (non-hydrogen) atoms. The van der Waals surface area contributed by atoms with Gasteiger partial charge in [-0.1, -0.05) is 0 Å². The Morgan fingerprint density at radius 2 is 1.68 bits per heavy atom. The second-order valence-electron chi connectivity index (χ2n) is 12.9. The molecule has 5 rings (SSSR count). The Morgan fingerprint density at radius 1 is 1.02 bits per heavy atom. The van der Waals surface area contributed by atoms with E-state index < -0.39 is 68.8 Å². The van der Waals surface area contributed by atoms with E-state index >= 15 is 4.39 Å². The summed E-state index contributed by atoms with van der Waals surface area (Å²) in [4.78, 5) is 53.6. The van der Waals surface area contributed by atoms with Gasteiger partial charge in [-0.25, -0.2) is 22.6 Å². The Balaban J connectivity index is 0.000000908. The molecule has 0 aliphatic carbocycles. The molecular formula is C37H39F4N5O9S. The maximum Gasteiger partial charge on any atom is 0.490 e. The van der Waals surface area contributed by atoms with Crippen LogP contribution in [0, 0.1) is 11.7 Å². The number of hydrogen-bond donors (Lipinski definition) is 5. The molecule has 0 bridgehead atoms. The van der Waals surface area contributed by atoms with Gasteiger partial charge in [0.2, 0.25) is 11.8 Å². The van der Waals surface area contributed by atoms with Crippen molar-refractivity contribution in [3.8, 4) is 5.75 Å². The number of carboxylic acid groups (broad SMARTS) is 2. The number of carbonyl (C=O) groups excluding carboxylic acids is 2. The van der Waals surface area contributed by atoms with Crippen LogP contribution in [0.5, 0.6) is 5.75 Å². The first-order valence-corrected chi connectivity index (χ1v) is 18.5. The molecule has 1 fully saturated rings. The number of carboxylic acids is 2. The number of carbonyl (C=O) groups is 4. The summed E-state index contributed by atoms with van der Waals surface area (Å²) >= 11 is 0. The fourth-order valence-corrected chi connectivity index (χ4v) is 7.43. The van der Waals surface area contributed by atoms with E-state index in [1.54, 1.807) is 31.2 Å². The molecule has 1 aromatic heterocycles. The molecule has 1 aliphatic heterocycles. The second-order valence-corrected chi connectivity index (χ2v) is 15.3. The Bertz CT molecular complexity index is 2250. The Hall–Kier alpha value is -5.98. The number of benzene rings is 3. The number of nitrogens with one attached hydrogen (secondary N) is 2. The number of nitrogens with zero attached hydrogens (tertiary/aromatic N) is 2. The predicted molar refractivity (Wildman–Crippen MR) is 197 cm³/mol. The Morgan fingerprint density at radius 3 is 2.27 bits per heavy atom. The van der Waals surface area contributed by atoms with Crippen LogP contribution in [0.4, 0.5) is 34.8 Å². The zero-order valence-corrected chi connectivity index (χ0v) is 31.2. The average molecular weight is 806 g/mol. The first-order chi connectivity index (χ1) is 26.2. The molecule has 3 aromatic carbocycles. The topological polar surface area (TPSA) is 218 Å². The summed E-state index contributed by atoms with van der Waals surface area (Å²) in [6.07, 6.45) is -3.55. The van der Waals surface area contributed by atoms with Crippen LogP contribution >= 0.6 is 0 Å². The van der Waals surface area contributed by atoms with Gasteiger partial charge in [0.1, 0.15) is 23.4 Å². The van der Waals surface area contributed by atoms with Crippen molar-refractivity contribution in [2.24, 2.45) is 5.92 Å². The number of anilines is 3. The van der Waals surface area contributed by atoms with Crippen molar-refractivity contribution in [1.29, 1.82) is 0 Å². The number of halogens is 4. The molecule has 1 aliphatic rings. The number of hydrogen-bond acceptors (Lipinski definition) is 10. The number of amides is 2. The van der Waals surface area contributed by atoms with Gasteiger partial charge in [-0.15, -0.1) is 0 Å². The van der Waals surface area contributed by atoms with Crippen LogP contribution in [-0.2, 0) is 29.0 Å². The van der Waals surface area contributed by atoms with Crippen molar-refractivity contribution < 1.29 is 60.1 Å². The number of alkyl halides is 3. The van der Waals surface area contributed by atoms with Crippen LogP contribution < -0.4 is 21.1 Å². The van der Waals surface area contributed by atoms with Gasteiger partial charge in [0, 0.05) is 42.0 Å². The molecule has 2 amide bonds. The quantitative estimate of drug-likeness (QED) is 0.111. The molecule has 0 radical (unpaired) electrons. The molecule has 0 spiro atoms. The van der Waals surface area contributed by atoms with Crippen molar-refractivity contribution >= 4 is 61.6 Å². The summed E-state index contributed by atoms with van der Waals surface area (Å²) in [7, 11) is -4.00. The van der Waals surface area contributed by atoms with E-state index in [4.69, 9.17) is 20.4 Å². The van der Waals surface area contributed by atoms with Crippen LogP contribution in [0.3, 0.4) is 0 Å².